The van der Waals surface area contributed by atoms with Gasteiger partial charge in [-0.3, -0.25) is 13.6 Å². The number of imidazole rings is 1. The molecule has 190 valence electrons. The summed E-state index contributed by atoms with van der Waals surface area (Å²) in [5.41, 5.74) is 5.57. The van der Waals surface area contributed by atoms with Gasteiger partial charge in [0.25, 0.3) is 0 Å². The Labute approximate surface area is 200 Å². The Balaban J connectivity index is 2.16. The lowest BCUT2D eigenvalue weighted by molar-refractivity contribution is -0.0344. The lowest BCUT2D eigenvalue weighted by Crippen LogP contribution is -2.17. The maximum absolute atomic E-state index is 13.2. The Kier molecular flexibility index (Phi) is 8.25. The van der Waals surface area contributed by atoms with E-state index in [0.717, 1.165) is 12.7 Å². The Morgan fingerprint density at radius 3 is 2.21 bits per heavy atom. The minimum atomic E-state index is -4.56. The first-order valence-electron chi connectivity index (χ1n) is 11.7. The van der Waals surface area contributed by atoms with Crippen molar-refractivity contribution in [3.63, 3.8) is 0 Å². The van der Waals surface area contributed by atoms with E-state index in [2.05, 4.69) is 24.4 Å². The molecular weight excluding hydrogens is 477 g/mol. The fraction of sp³-hybridized carbons (Fsp3) is 0.611. The Morgan fingerprint density at radius 2 is 1.65 bits per heavy atom. The zero-order chi connectivity index (χ0) is 28.7. The van der Waals surface area contributed by atoms with Gasteiger partial charge < -0.3 is 34.0 Å². The van der Waals surface area contributed by atoms with Crippen molar-refractivity contribution < 1.29 is 52.4 Å². The summed E-state index contributed by atoms with van der Waals surface area (Å²) in [4.78, 5) is 34.6. The summed E-state index contributed by atoms with van der Waals surface area (Å²) in [5.74, 6) is -0.0654. The predicted octanol–water partition coefficient (Wildman–Crippen LogP) is 2.65. The number of hydrogen-bond acceptors (Lipinski definition) is 14. The normalized spacial score (nSPS) is 14.3. The summed E-state index contributed by atoms with van der Waals surface area (Å²) in [5, 5.41) is 0. The Bertz CT molecular complexity index is 1130. The maximum Gasteiger partial charge on any atom is 0.510 e. The van der Waals surface area contributed by atoms with Gasteiger partial charge in [-0.05, 0) is 27.7 Å². The highest BCUT2D eigenvalue weighted by Gasteiger charge is 2.27. The first kappa shape index (κ1) is 21.5. The summed E-state index contributed by atoms with van der Waals surface area (Å²) < 4.78 is 80.4. The number of nitrogen functional groups attached to an aromatic ring is 1. The molecule has 0 aliphatic rings. The van der Waals surface area contributed by atoms with E-state index in [9.17, 15) is 14.2 Å². The van der Waals surface area contributed by atoms with Crippen molar-refractivity contribution in [3.05, 3.63) is 12.7 Å². The molecule has 0 bridgehead atoms. The van der Waals surface area contributed by atoms with Crippen LogP contribution in [0.4, 0.5) is 15.4 Å². The second-order valence-electron chi connectivity index (χ2n) is 6.76. The summed E-state index contributed by atoms with van der Waals surface area (Å²) in [6.45, 7) is -1.97. The number of ether oxygens (including phenoxy) is 5. The van der Waals surface area contributed by atoms with E-state index in [1.807, 2.05) is 0 Å². The molecular formula is C18H28N5O10P. The van der Waals surface area contributed by atoms with Gasteiger partial charge in [0.1, 0.15) is 18.2 Å². The van der Waals surface area contributed by atoms with Crippen LogP contribution in [0.5, 0.6) is 0 Å². The standard InChI is InChI=1S/C18H28N5O10P/c1-12(2)32-17(24)28-9-30-34(26,31-10-29-18(25)33-13(3)4)11-27-6-5-23-8-22-14-15(19)20-7-21-16(14)23/h7-8,12-13H,5-6,9-11H2,1-4H3,(H2,19,20,21)/i5D2,6D2. The van der Waals surface area contributed by atoms with E-state index in [1.54, 1.807) is 27.7 Å². The van der Waals surface area contributed by atoms with Gasteiger partial charge in [0.05, 0.1) is 30.6 Å². The third-order valence-electron chi connectivity index (χ3n) is 3.34. The topological polar surface area (TPSA) is 185 Å². The number of nitrogens with two attached hydrogens (primary N) is 1. The first-order valence-corrected chi connectivity index (χ1v) is 11.4. The highest BCUT2D eigenvalue weighted by Crippen LogP contribution is 2.48. The van der Waals surface area contributed by atoms with E-state index < -0.39 is 65.1 Å². The van der Waals surface area contributed by atoms with Crippen molar-refractivity contribution in [2.45, 2.75) is 46.4 Å². The Morgan fingerprint density at radius 1 is 1.06 bits per heavy atom. The number of anilines is 1. The number of carbonyl (C=O) groups is 2. The molecule has 15 nitrogen and oxygen atoms in total. The zero-order valence-electron chi connectivity index (χ0n) is 22.8. The number of hydrogen-bond donors (Lipinski definition) is 1. The summed E-state index contributed by atoms with van der Waals surface area (Å²) in [7, 11) is -4.56. The van der Waals surface area contributed by atoms with Gasteiger partial charge in [0, 0.05) is 6.50 Å². The van der Waals surface area contributed by atoms with Crippen molar-refractivity contribution in [2.75, 3.05) is 32.2 Å². The molecule has 0 amide bonds. The molecule has 16 heteroatoms. The van der Waals surface area contributed by atoms with E-state index in [1.165, 1.54) is 0 Å². The molecule has 34 heavy (non-hydrogen) atoms. The van der Waals surface area contributed by atoms with E-state index in [4.69, 9.17) is 34.5 Å². The van der Waals surface area contributed by atoms with Crippen LogP contribution in [0.3, 0.4) is 0 Å². The average Bonchev–Trinajstić information content (AvgIpc) is 3.23. The molecule has 0 radical (unpaired) electrons. The van der Waals surface area contributed by atoms with Crippen LogP contribution >= 0.6 is 7.60 Å². The van der Waals surface area contributed by atoms with Gasteiger partial charge in [0.15, 0.2) is 11.5 Å². The molecule has 0 saturated heterocycles. The van der Waals surface area contributed by atoms with Crippen LogP contribution < -0.4 is 5.73 Å². The fourth-order valence-corrected chi connectivity index (χ4v) is 2.87. The molecule has 2 rings (SSSR count). The molecule has 0 aliphatic carbocycles. The lowest BCUT2D eigenvalue weighted by atomic mass is 10.5. The summed E-state index contributed by atoms with van der Waals surface area (Å²) in [6.07, 6.45) is -2.62. The van der Waals surface area contributed by atoms with E-state index in [-0.39, 0.29) is 17.0 Å². The molecule has 2 N–H and O–H groups in total. The number of aryl methyl sites for hydroxylation is 1. The van der Waals surface area contributed by atoms with E-state index >= 15 is 0 Å². The van der Waals surface area contributed by atoms with Gasteiger partial charge in [-0.25, -0.2) is 24.5 Å². The van der Waals surface area contributed by atoms with Crippen LogP contribution in [0.2, 0.25) is 0 Å². The van der Waals surface area contributed by atoms with Gasteiger partial charge in [-0.15, -0.1) is 0 Å². The smallest absolute Gasteiger partial charge is 0.432 e. The third-order valence-corrected chi connectivity index (χ3v) is 4.78. The number of aromatic nitrogens is 4. The van der Waals surface area contributed by atoms with Gasteiger partial charge in [0.2, 0.25) is 13.6 Å². The highest BCUT2D eigenvalue weighted by molar-refractivity contribution is 7.53. The molecule has 2 heterocycles. The SMILES string of the molecule is [2H]C([2H])(OCP(=O)(OCOC(=O)OC(C)C)OCOC(=O)OC(C)C)C([2H])([2H])n1cnc2c(N)ncnc21. The second kappa shape index (κ2) is 13.0. The molecule has 0 aromatic carbocycles. The fourth-order valence-electron chi connectivity index (χ4n) is 2.00. The molecule has 0 aliphatic heterocycles. The maximum atomic E-state index is 13.2. The van der Waals surface area contributed by atoms with Crippen LogP contribution in [0.1, 0.15) is 33.2 Å². The minimum Gasteiger partial charge on any atom is -0.432 e. The van der Waals surface area contributed by atoms with Crippen molar-refractivity contribution in [2.24, 2.45) is 0 Å². The summed E-state index contributed by atoms with van der Waals surface area (Å²) in [6, 6.07) is 0. The molecule has 0 atom stereocenters. The first-order chi connectivity index (χ1) is 17.6. The number of fused-ring (bicyclic) bond motifs is 1. The average molecular weight is 509 g/mol. The second-order valence-corrected chi connectivity index (χ2v) is 8.76. The lowest BCUT2D eigenvalue weighted by Gasteiger charge is -2.18. The van der Waals surface area contributed by atoms with E-state index in [0.29, 0.717) is 4.57 Å². The predicted molar refractivity (Wildman–Crippen MR) is 115 cm³/mol. The Hall–Kier alpha value is -3.00. The summed E-state index contributed by atoms with van der Waals surface area (Å²) >= 11 is 0. The number of nitrogens with zero attached hydrogens (tertiary/aromatic N) is 4. The molecule has 0 fully saturated rings. The van der Waals surface area contributed by atoms with Crippen molar-refractivity contribution >= 4 is 36.9 Å². The van der Waals surface area contributed by atoms with Crippen LogP contribution in [0.25, 0.3) is 11.2 Å². The number of rotatable bonds is 13. The zero-order valence-corrected chi connectivity index (χ0v) is 19.7. The van der Waals surface area contributed by atoms with Crippen LogP contribution in [0.15, 0.2) is 12.7 Å². The third kappa shape index (κ3) is 9.09. The molecule has 0 unspecified atom stereocenters. The van der Waals surface area contributed by atoms with Crippen molar-refractivity contribution in [1.29, 1.82) is 0 Å². The van der Waals surface area contributed by atoms with Gasteiger partial charge in [-0.2, -0.15) is 0 Å². The van der Waals surface area contributed by atoms with Crippen LogP contribution in [-0.2, 0) is 43.8 Å². The largest absolute Gasteiger partial charge is 0.510 e. The van der Waals surface area contributed by atoms with Crippen molar-refractivity contribution in [3.8, 4) is 0 Å². The van der Waals surface area contributed by atoms with Crippen LogP contribution in [0, 0.1) is 0 Å². The van der Waals surface area contributed by atoms with Gasteiger partial charge in [-0.1, -0.05) is 0 Å². The molecule has 0 spiro atoms. The monoisotopic (exact) mass is 509 g/mol. The molecule has 0 saturated carbocycles. The number of carbonyl (C=O) groups excluding carboxylic acids is 2. The minimum absolute atomic E-state index is 0.0142. The molecule has 2 aromatic rings. The van der Waals surface area contributed by atoms with Crippen molar-refractivity contribution in [1.82, 2.24) is 19.5 Å². The quantitative estimate of drug-likeness (QED) is 0.236. The van der Waals surface area contributed by atoms with Gasteiger partial charge >= 0.3 is 19.9 Å². The highest BCUT2D eigenvalue weighted by atomic mass is 31.2. The van der Waals surface area contributed by atoms with Crippen LogP contribution in [-0.4, -0.2) is 70.5 Å². The molecule has 2 aromatic heterocycles.